The summed E-state index contributed by atoms with van der Waals surface area (Å²) >= 11 is 1.64. The molecule has 0 bridgehead atoms. The van der Waals surface area contributed by atoms with Crippen molar-refractivity contribution in [2.75, 3.05) is 24.6 Å². The van der Waals surface area contributed by atoms with Gasteiger partial charge in [0.15, 0.2) is 5.60 Å². The first kappa shape index (κ1) is 17.8. The van der Waals surface area contributed by atoms with Crippen LogP contribution in [-0.4, -0.2) is 46.1 Å². The van der Waals surface area contributed by atoms with Gasteiger partial charge in [-0.05, 0) is 49.2 Å². The van der Waals surface area contributed by atoms with Gasteiger partial charge in [0.05, 0.1) is 0 Å². The van der Waals surface area contributed by atoms with Gasteiger partial charge in [-0.15, -0.1) is 0 Å². The fourth-order valence-corrected chi connectivity index (χ4v) is 4.71. The summed E-state index contributed by atoms with van der Waals surface area (Å²) in [6, 6.07) is 8.45. The lowest BCUT2D eigenvalue weighted by atomic mass is 10.0. The molecule has 1 atom stereocenters. The van der Waals surface area contributed by atoms with E-state index in [1.807, 2.05) is 6.07 Å². The van der Waals surface area contributed by atoms with Gasteiger partial charge in [0.25, 0.3) is 5.91 Å². The van der Waals surface area contributed by atoms with Crippen molar-refractivity contribution in [3.05, 3.63) is 35.4 Å². The molecule has 0 aromatic heterocycles. The molecule has 2 aliphatic rings. The molecular weight excluding hydrogens is 320 g/mol. The summed E-state index contributed by atoms with van der Waals surface area (Å²) < 4.78 is 0. The van der Waals surface area contributed by atoms with Gasteiger partial charge >= 0.3 is 0 Å². The van der Waals surface area contributed by atoms with Crippen molar-refractivity contribution in [3.63, 3.8) is 0 Å². The number of carbonyl (C=O) groups excluding carboxylic acids is 1. The van der Waals surface area contributed by atoms with Crippen LogP contribution >= 0.6 is 11.8 Å². The number of nitrogens with one attached hydrogen (secondary N) is 1. The van der Waals surface area contributed by atoms with Crippen LogP contribution in [0.4, 0.5) is 0 Å². The van der Waals surface area contributed by atoms with Crippen LogP contribution < -0.4 is 5.32 Å². The molecule has 3 rings (SSSR count). The van der Waals surface area contributed by atoms with E-state index in [-0.39, 0.29) is 5.91 Å². The lowest BCUT2D eigenvalue weighted by Crippen LogP contribution is -2.46. The van der Waals surface area contributed by atoms with Gasteiger partial charge in [0.1, 0.15) is 0 Å². The van der Waals surface area contributed by atoms with Gasteiger partial charge in [0.2, 0.25) is 0 Å². The van der Waals surface area contributed by atoms with Crippen LogP contribution in [0.5, 0.6) is 0 Å². The van der Waals surface area contributed by atoms with Crippen LogP contribution in [0.3, 0.4) is 0 Å². The van der Waals surface area contributed by atoms with Crippen LogP contribution in [0.15, 0.2) is 24.3 Å². The molecule has 5 heteroatoms. The van der Waals surface area contributed by atoms with E-state index in [0.717, 1.165) is 17.9 Å². The van der Waals surface area contributed by atoms with Crippen LogP contribution in [0.2, 0.25) is 0 Å². The van der Waals surface area contributed by atoms with Crippen molar-refractivity contribution in [2.24, 2.45) is 0 Å². The average molecular weight is 349 g/mol. The van der Waals surface area contributed by atoms with Crippen molar-refractivity contribution < 1.29 is 9.90 Å². The van der Waals surface area contributed by atoms with Gasteiger partial charge in [-0.2, -0.15) is 11.8 Å². The quantitative estimate of drug-likeness (QED) is 0.859. The molecule has 0 saturated carbocycles. The SMILES string of the molecule is O=C(NCc1cccc(CN2CCCCCC2)c1)C1(O)CCSC1. The van der Waals surface area contributed by atoms with Gasteiger partial charge in [-0.3, -0.25) is 9.69 Å². The van der Waals surface area contributed by atoms with E-state index in [1.165, 1.54) is 44.3 Å². The molecule has 24 heavy (non-hydrogen) atoms. The molecule has 2 N–H and O–H groups in total. The first-order valence-corrected chi connectivity index (χ1v) is 10.2. The van der Waals surface area contributed by atoms with E-state index in [4.69, 9.17) is 0 Å². The zero-order valence-electron chi connectivity index (χ0n) is 14.3. The Kier molecular flexibility index (Phi) is 6.19. The van der Waals surface area contributed by atoms with Gasteiger partial charge < -0.3 is 10.4 Å². The van der Waals surface area contributed by atoms with Crippen molar-refractivity contribution in [1.29, 1.82) is 0 Å². The summed E-state index contributed by atoms with van der Waals surface area (Å²) in [4.78, 5) is 14.7. The van der Waals surface area contributed by atoms with Crippen molar-refractivity contribution >= 4 is 17.7 Å². The molecule has 2 fully saturated rings. The summed E-state index contributed by atoms with van der Waals surface area (Å²) in [5.74, 6) is 1.13. The van der Waals surface area contributed by atoms with E-state index in [2.05, 4.69) is 28.4 Å². The second-order valence-corrected chi connectivity index (χ2v) is 8.13. The molecule has 2 saturated heterocycles. The number of hydrogen-bond acceptors (Lipinski definition) is 4. The van der Waals surface area contributed by atoms with E-state index in [0.29, 0.717) is 18.7 Å². The molecule has 0 radical (unpaired) electrons. The Labute approximate surface area is 149 Å². The number of nitrogens with zero attached hydrogens (tertiary/aromatic N) is 1. The van der Waals surface area contributed by atoms with Crippen LogP contribution in [-0.2, 0) is 17.9 Å². The highest BCUT2D eigenvalue weighted by Crippen LogP contribution is 2.27. The lowest BCUT2D eigenvalue weighted by Gasteiger charge is -2.21. The molecule has 4 nitrogen and oxygen atoms in total. The second kappa shape index (κ2) is 8.37. The van der Waals surface area contributed by atoms with Crippen LogP contribution in [0.1, 0.15) is 43.2 Å². The number of rotatable bonds is 5. The zero-order chi connectivity index (χ0) is 16.8. The maximum absolute atomic E-state index is 12.2. The number of aliphatic hydroxyl groups is 1. The van der Waals surface area contributed by atoms with E-state index in [9.17, 15) is 9.90 Å². The smallest absolute Gasteiger partial charge is 0.253 e. The monoisotopic (exact) mass is 348 g/mol. The number of thioether (sulfide) groups is 1. The highest BCUT2D eigenvalue weighted by molar-refractivity contribution is 7.99. The molecule has 1 amide bonds. The van der Waals surface area contributed by atoms with Crippen molar-refractivity contribution in [1.82, 2.24) is 10.2 Å². The second-order valence-electron chi connectivity index (χ2n) is 7.03. The third kappa shape index (κ3) is 4.74. The first-order chi connectivity index (χ1) is 11.7. The molecule has 2 aliphatic heterocycles. The third-order valence-corrected chi connectivity index (χ3v) is 6.15. The normalized spacial score (nSPS) is 25.4. The van der Waals surface area contributed by atoms with E-state index < -0.39 is 5.60 Å². The zero-order valence-corrected chi connectivity index (χ0v) is 15.1. The topological polar surface area (TPSA) is 52.6 Å². The number of carbonyl (C=O) groups is 1. The summed E-state index contributed by atoms with van der Waals surface area (Å²) in [5.41, 5.74) is 1.23. The fraction of sp³-hybridized carbons (Fsp3) is 0.632. The Morgan fingerprint density at radius 2 is 1.96 bits per heavy atom. The number of likely N-dealkylation sites (tertiary alicyclic amines) is 1. The molecule has 1 unspecified atom stereocenters. The molecule has 1 aromatic rings. The molecule has 0 aliphatic carbocycles. The molecule has 1 aromatic carbocycles. The highest BCUT2D eigenvalue weighted by Gasteiger charge is 2.39. The summed E-state index contributed by atoms with van der Waals surface area (Å²) in [7, 11) is 0. The predicted octanol–water partition coefficient (Wildman–Crippen LogP) is 2.55. The minimum absolute atomic E-state index is 0.231. The minimum atomic E-state index is -1.17. The molecule has 0 spiro atoms. The Balaban J connectivity index is 1.54. The van der Waals surface area contributed by atoms with E-state index in [1.54, 1.807) is 11.8 Å². The maximum Gasteiger partial charge on any atom is 0.253 e. The largest absolute Gasteiger partial charge is 0.379 e. The number of amides is 1. The third-order valence-electron chi connectivity index (χ3n) is 4.97. The Bertz CT molecular complexity index is 550. The Morgan fingerprint density at radius 1 is 1.21 bits per heavy atom. The van der Waals surface area contributed by atoms with E-state index >= 15 is 0 Å². The van der Waals surface area contributed by atoms with Gasteiger partial charge in [-0.25, -0.2) is 0 Å². The highest BCUT2D eigenvalue weighted by atomic mass is 32.2. The number of benzene rings is 1. The molecule has 132 valence electrons. The number of hydrogen-bond donors (Lipinski definition) is 2. The fourth-order valence-electron chi connectivity index (χ4n) is 3.47. The summed E-state index contributed by atoms with van der Waals surface area (Å²) in [6.45, 7) is 3.85. The predicted molar refractivity (Wildman–Crippen MR) is 98.9 cm³/mol. The maximum atomic E-state index is 12.2. The van der Waals surface area contributed by atoms with Crippen LogP contribution in [0, 0.1) is 0 Å². The minimum Gasteiger partial charge on any atom is -0.379 e. The van der Waals surface area contributed by atoms with Crippen LogP contribution in [0.25, 0.3) is 0 Å². The average Bonchev–Trinajstić information content (AvgIpc) is 2.88. The lowest BCUT2D eigenvalue weighted by molar-refractivity contribution is -0.137. The van der Waals surface area contributed by atoms with Gasteiger partial charge in [-0.1, -0.05) is 37.1 Å². The Hall–Kier alpha value is -1.04. The Morgan fingerprint density at radius 3 is 2.67 bits per heavy atom. The summed E-state index contributed by atoms with van der Waals surface area (Å²) in [5, 5.41) is 13.2. The summed E-state index contributed by atoms with van der Waals surface area (Å²) in [6.07, 6.45) is 5.85. The molecule has 2 heterocycles. The standard InChI is InChI=1S/C19H28N2O2S/c22-18(19(23)8-11-24-15-19)20-13-16-6-5-7-17(12-16)14-21-9-3-1-2-4-10-21/h5-7,12,23H,1-4,8-11,13-15H2,(H,20,22). The van der Waals surface area contributed by atoms with Gasteiger partial charge in [0, 0.05) is 18.8 Å². The molecular formula is C19H28N2O2S. The van der Waals surface area contributed by atoms with Crippen molar-refractivity contribution in [2.45, 2.75) is 50.8 Å². The van der Waals surface area contributed by atoms with Crippen molar-refractivity contribution in [3.8, 4) is 0 Å². The first-order valence-electron chi connectivity index (χ1n) is 9.04.